The fraction of sp³-hybridized carbons (Fsp3) is 0.316. The van der Waals surface area contributed by atoms with Gasteiger partial charge in [0.1, 0.15) is 0 Å². The Morgan fingerprint density at radius 3 is 2.28 bits per heavy atom. The summed E-state index contributed by atoms with van der Waals surface area (Å²) in [5, 5.41) is 2.77. The number of nitrogen functional groups attached to an aromatic ring is 1. The molecular formula is C19H26Cl2N4O3S. The molecule has 0 aromatic heterocycles. The number of piperazine rings is 1. The van der Waals surface area contributed by atoms with Crippen molar-refractivity contribution in [3.63, 3.8) is 0 Å². The minimum absolute atomic E-state index is 0. The topological polar surface area (TPSA) is 95.7 Å². The van der Waals surface area contributed by atoms with E-state index in [1.165, 1.54) is 10.4 Å². The number of sulfonamides is 1. The molecule has 1 aliphatic rings. The van der Waals surface area contributed by atoms with Crippen LogP contribution in [0, 0.1) is 0 Å². The number of hydrogen-bond donors (Lipinski definition) is 2. The van der Waals surface area contributed by atoms with Crippen molar-refractivity contribution in [3.8, 4) is 0 Å². The summed E-state index contributed by atoms with van der Waals surface area (Å²) in [4.78, 5) is 14.5. The van der Waals surface area contributed by atoms with Gasteiger partial charge in [0.05, 0.1) is 11.3 Å². The Morgan fingerprint density at radius 2 is 1.66 bits per heavy atom. The zero-order valence-electron chi connectivity index (χ0n) is 16.1. The van der Waals surface area contributed by atoms with Gasteiger partial charge in [-0.1, -0.05) is 18.2 Å². The predicted octanol–water partition coefficient (Wildman–Crippen LogP) is 2.23. The lowest BCUT2D eigenvalue weighted by Crippen LogP contribution is -2.47. The van der Waals surface area contributed by atoms with Gasteiger partial charge in [0.25, 0.3) is 0 Å². The lowest BCUT2D eigenvalue weighted by Gasteiger charge is -2.31. The molecule has 0 unspecified atom stereocenters. The van der Waals surface area contributed by atoms with Gasteiger partial charge in [-0.15, -0.1) is 24.8 Å². The number of nitrogens with two attached hydrogens (primary N) is 1. The number of benzene rings is 2. The van der Waals surface area contributed by atoms with Crippen molar-refractivity contribution in [2.45, 2.75) is 11.3 Å². The average Bonchev–Trinajstić information content (AvgIpc) is 2.64. The van der Waals surface area contributed by atoms with Crippen LogP contribution in [0.25, 0.3) is 0 Å². The van der Waals surface area contributed by atoms with Crippen LogP contribution in [0.15, 0.2) is 53.4 Å². The summed E-state index contributed by atoms with van der Waals surface area (Å²) in [6, 6.07) is 13.5. The maximum Gasteiger partial charge on any atom is 0.243 e. The molecule has 3 N–H and O–H groups in total. The highest BCUT2D eigenvalue weighted by Crippen LogP contribution is 2.21. The van der Waals surface area contributed by atoms with Crippen molar-refractivity contribution in [1.29, 1.82) is 0 Å². The first-order valence-corrected chi connectivity index (χ1v) is 10.2. The van der Waals surface area contributed by atoms with Crippen LogP contribution < -0.4 is 11.1 Å². The van der Waals surface area contributed by atoms with Crippen LogP contribution in [0.2, 0.25) is 0 Å². The van der Waals surface area contributed by atoms with Crippen LogP contribution in [-0.4, -0.2) is 56.8 Å². The van der Waals surface area contributed by atoms with Gasteiger partial charge in [-0.3, -0.25) is 4.79 Å². The Hall–Kier alpha value is -1.84. The molecule has 1 aliphatic heterocycles. The van der Waals surface area contributed by atoms with Crippen molar-refractivity contribution in [2.24, 2.45) is 0 Å². The third kappa shape index (κ3) is 6.58. The van der Waals surface area contributed by atoms with Crippen LogP contribution in [0.3, 0.4) is 0 Å². The molecule has 1 fully saturated rings. The number of amides is 1. The van der Waals surface area contributed by atoms with Crippen LogP contribution in [0.1, 0.15) is 5.56 Å². The summed E-state index contributed by atoms with van der Waals surface area (Å²) in [7, 11) is -1.59. The zero-order valence-corrected chi connectivity index (χ0v) is 18.5. The molecule has 3 rings (SSSR count). The lowest BCUT2D eigenvalue weighted by molar-refractivity contribution is -0.115. The molecule has 0 radical (unpaired) electrons. The van der Waals surface area contributed by atoms with Crippen LogP contribution in [-0.2, 0) is 21.2 Å². The van der Waals surface area contributed by atoms with E-state index in [9.17, 15) is 13.2 Å². The Morgan fingerprint density at radius 1 is 1.03 bits per heavy atom. The second-order valence-corrected chi connectivity index (χ2v) is 8.64. The smallest absolute Gasteiger partial charge is 0.243 e. The molecule has 1 heterocycles. The summed E-state index contributed by atoms with van der Waals surface area (Å²) in [6.07, 6.45) is 0.190. The molecule has 10 heteroatoms. The number of rotatable bonds is 5. The van der Waals surface area contributed by atoms with E-state index in [0.29, 0.717) is 37.6 Å². The molecule has 2 aromatic rings. The fourth-order valence-electron chi connectivity index (χ4n) is 2.94. The van der Waals surface area contributed by atoms with Gasteiger partial charge in [-0.2, -0.15) is 4.31 Å². The van der Waals surface area contributed by atoms with Crippen LogP contribution in [0.5, 0.6) is 0 Å². The van der Waals surface area contributed by atoms with E-state index < -0.39 is 10.0 Å². The van der Waals surface area contributed by atoms with Gasteiger partial charge < -0.3 is 16.0 Å². The largest absolute Gasteiger partial charge is 0.399 e. The minimum atomic E-state index is -3.57. The molecule has 0 bridgehead atoms. The van der Waals surface area contributed by atoms with Crippen LogP contribution in [0.4, 0.5) is 11.4 Å². The third-order valence-electron chi connectivity index (χ3n) is 4.56. The van der Waals surface area contributed by atoms with E-state index in [-0.39, 0.29) is 42.0 Å². The molecule has 0 atom stereocenters. The lowest BCUT2D eigenvalue weighted by atomic mass is 10.1. The highest BCUT2D eigenvalue weighted by Gasteiger charge is 2.27. The fourth-order valence-corrected chi connectivity index (χ4v) is 4.41. The van der Waals surface area contributed by atoms with E-state index in [0.717, 1.165) is 5.56 Å². The van der Waals surface area contributed by atoms with Crippen LogP contribution >= 0.6 is 24.8 Å². The number of carbonyl (C=O) groups is 1. The van der Waals surface area contributed by atoms with E-state index in [2.05, 4.69) is 10.2 Å². The first kappa shape index (κ1) is 25.2. The Bertz CT molecular complexity index is 915. The second-order valence-electron chi connectivity index (χ2n) is 6.70. The summed E-state index contributed by atoms with van der Waals surface area (Å²) in [6.45, 7) is 2.34. The summed E-state index contributed by atoms with van der Waals surface area (Å²) in [5.41, 5.74) is 7.58. The van der Waals surface area contributed by atoms with Gasteiger partial charge >= 0.3 is 0 Å². The van der Waals surface area contributed by atoms with Crippen molar-refractivity contribution in [2.75, 3.05) is 44.3 Å². The van der Waals surface area contributed by atoms with Gasteiger partial charge in [-0.05, 0) is 42.9 Å². The first-order valence-electron chi connectivity index (χ1n) is 8.77. The number of carbonyl (C=O) groups excluding carboxylic acids is 1. The van der Waals surface area contributed by atoms with Gasteiger partial charge in [0, 0.05) is 37.6 Å². The molecule has 1 saturated heterocycles. The number of likely N-dealkylation sites (N-methyl/N-ethyl adjacent to an activating group) is 1. The molecule has 0 saturated carbocycles. The molecule has 0 aliphatic carbocycles. The highest BCUT2D eigenvalue weighted by molar-refractivity contribution is 7.89. The zero-order chi connectivity index (χ0) is 19.4. The van der Waals surface area contributed by atoms with Crippen molar-refractivity contribution < 1.29 is 13.2 Å². The summed E-state index contributed by atoms with van der Waals surface area (Å²) < 4.78 is 27.2. The minimum Gasteiger partial charge on any atom is -0.399 e. The molecule has 2 aromatic carbocycles. The molecule has 29 heavy (non-hydrogen) atoms. The molecule has 160 valence electrons. The molecular weight excluding hydrogens is 435 g/mol. The van der Waals surface area contributed by atoms with E-state index in [4.69, 9.17) is 5.73 Å². The monoisotopic (exact) mass is 460 g/mol. The number of nitrogens with one attached hydrogen (secondary N) is 1. The predicted molar refractivity (Wildman–Crippen MR) is 120 cm³/mol. The maximum absolute atomic E-state index is 12.8. The quantitative estimate of drug-likeness (QED) is 0.666. The van der Waals surface area contributed by atoms with Gasteiger partial charge in [0.15, 0.2) is 0 Å². The maximum atomic E-state index is 12.8. The standard InChI is InChI=1S/C19H24N4O3S.2ClH/c1-22-9-11-23(12-10-22)27(25,26)18-4-2-3-17(14-18)21-19(24)13-15-5-7-16(20)8-6-15;;/h2-8,14H,9-13,20H2,1H3,(H,21,24);2*1H. The second kappa shape index (κ2) is 10.8. The molecule has 0 spiro atoms. The third-order valence-corrected chi connectivity index (χ3v) is 6.46. The average molecular weight is 461 g/mol. The number of halogens is 2. The van der Waals surface area contributed by atoms with Gasteiger partial charge in [-0.25, -0.2) is 8.42 Å². The summed E-state index contributed by atoms with van der Waals surface area (Å²) >= 11 is 0. The highest BCUT2D eigenvalue weighted by atomic mass is 35.5. The van der Waals surface area contributed by atoms with E-state index >= 15 is 0 Å². The Kier molecular flexibility index (Phi) is 9.38. The van der Waals surface area contributed by atoms with Crippen molar-refractivity contribution >= 4 is 52.1 Å². The Labute approximate surface area is 184 Å². The SMILES string of the molecule is CN1CCN(S(=O)(=O)c2cccc(NC(=O)Cc3ccc(N)cc3)c2)CC1.Cl.Cl. The Balaban J connectivity index is 0.00000210. The summed E-state index contributed by atoms with van der Waals surface area (Å²) in [5.74, 6) is -0.214. The van der Waals surface area contributed by atoms with Gasteiger partial charge in [0.2, 0.25) is 15.9 Å². The number of anilines is 2. The van der Waals surface area contributed by atoms with Crippen molar-refractivity contribution in [3.05, 3.63) is 54.1 Å². The molecule has 7 nitrogen and oxygen atoms in total. The van der Waals surface area contributed by atoms with E-state index in [1.807, 2.05) is 7.05 Å². The molecule has 1 amide bonds. The van der Waals surface area contributed by atoms with Crippen molar-refractivity contribution in [1.82, 2.24) is 9.21 Å². The first-order chi connectivity index (χ1) is 12.8. The number of nitrogens with zero attached hydrogens (tertiary/aromatic N) is 2. The van der Waals surface area contributed by atoms with E-state index in [1.54, 1.807) is 42.5 Å². The number of hydrogen-bond acceptors (Lipinski definition) is 5. The normalized spacial score (nSPS) is 15.1.